The van der Waals surface area contributed by atoms with Crippen LogP contribution in [0.4, 0.5) is 4.39 Å². The van der Waals surface area contributed by atoms with Gasteiger partial charge in [0.1, 0.15) is 5.82 Å². The summed E-state index contributed by atoms with van der Waals surface area (Å²) in [6.45, 7) is 1.76. The zero-order chi connectivity index (χ0) is 13.9. The first-order valence-electron chi connectivity index (χ1n) is 6.89. The molecule has 4 heteroatoms. The van der Waals surface area contributed by atoms with Gasteiger partial charge in [-0.05, 0) is 31.9 Å². The van der Waals surface area contributed by atoms with Crippen LogP contribution in [-0.4, -0.2) is 17.8 Å². The molecule has 2 rings (SSSR count). The molecule has 1 aromatic rings. The Balaban J connectivity index is 2.20. The Morgan fingerprint density at radius 1 is 1.37 bits per heavy atom. The molecule has 1 saturated carbocycles. The van der Waals surface area contributed by atoms with Crippen LogP contribution in [0.5, 0.6) is 0 Å². The van der Waals surface area contributed by atoms with Crippen molar-refractivity contribution in [2.75, 3.05) is 6.61 Å². The Labute approximate surface area is 122 Å². The lowest BCUT2D eigenvalue weighted by Gasteiger charge is -2.36. The zero-order valence-corrected chi connectivity index (χ0v) is 12.8. The van der Waals surface area contributed by atoms with Crippen LogP contribution in [0.1, 0.15) is 44.6 Å². The third kappa shape index (κ3) is 3.56. The summed E-state index contributed by atoms with van der Waals surface area (Å²) >= 11 is 3.26. The van der Waals surface area contributed by atoms with Gasteiger partial charge in [-0.2, -0.15) is 0 Å². The van der Waals surface area contributed by atoms with Crippen molar-refractivity contribution in [3.63, 3.8) is 0 Å². The summed E-state index contributed by atoms with van der Waals surface area (Å²) in [5, 5.41) is 13.2. The Kier molecular flexibility index (Phi) is 4.98. The minimum atomic E-state index is -0.715. The molecule has 1 atom stereocenters. The van der Waals surface area contributed by atoms with Crippen molar-refractivity contribution in [3.05, 3.63) is 34.1 Å². The van der Waals surface area contributed by atoms with Crippen LogP contribution in [0.25, 0.3) is 0 Å². The van der Waals surface area contributed by atoms with Gasteiger partial charge in [-0.1, -0.05) is 41.3 Å². The van der Waals surface area contributed by atoms with Crippen molar-refractivity contribution in [2.45, 2.75) is 50.6 Å². The Morgan fingerprint density at radius 3 is 2.63 bits per heavy atom. The van der Waals surface area contributed by atoms with E-state index in [2.05, 4.69) is 21.2 Å². The van der Waals surface area contributed by atoms with Gasteiger partial charge in [0.2, 0.25) is 0 Å². The summed E-state index contributed by atoms with van der Waals surface area (Å²) in [7, 11) is 0. The smallest absolute Gasteiger partial charge is 0.129 e. The molecule has 0 heterocycles. The monoisotopic (exact) mass is 329 g/mol. The highest BCUT2D eigenvalue weighted by Gasteiger charge is 2.31. The van der Waals surface area contributed by atoms with Gasteiger partial charge in [0.05, 0.1) is 12.1 Å². The maximum absolute atomic E-state index is 14.1. The molecule has 0 spiro atoms. The minimum absolute atomic E-state index is 0.109. The van der Waals surface area contributed by atoms with Crippen LogP contribution < -0.4 is 5.32 Å². The van der Waals surface area contributed by atoms with Gasteiger partial charge >= 0.3 is 0 Å². The zero-order valence-electron chi connectivity index (χ0n) is 11.3. The van der Waals surface area contributed by atoms with E-state index < -0.39 is 5.54 Å². The number of aliphatic hydroxyl groups is 1. The lowest BCUT2D eigenvalue weighted by molar-refractivity contribution is 0.147. The quantitative estimate of drug-likeness (QED) is 0.882. The summed E-state index contributed by atoms with van der Waals surface area (Å²) in [5.74, 6) is -0.283. The van der Waals surface area contributed by atoms with Crippen molar-refractivity contribution >= 4 is 15.9 Å². The molecule has 0 radical (unpaired) electrons. The molecular formula is C15H21BrFNO. The van der Waals surface area contributed by atoms with Gasteiger partial charge in [0, 0.05) is 16.1 Å². The van der Waals surface area contributed by atoms with Gasteiger partial charge < -0.3 is 10.4 Å². The van der Waals surface area contributed by atoms with Gasteiger partial charge in [0.15, 0.2) is 0 Å². The number of nitrogens with one attached hydrogen (secondary N) is 1. The second-order valence-electron chi connectivity index (χ2n) is 5.59. The molecule has 2 nitrogen and oxygen atoms in total. The molecule has 1 fully saturated rings. The Hall–Kier alpha value is -0.450. The molecule has 0 amide bonds. The maximum atomic E-state index is 14.1. The summed E-state index contributed by atoms with van der Waals surface area (Å²) in [6, 6.07) is 5.38. The van der Waals surface area contributed by atoms with E-state index in [1.165, 1.54) is 25.3 Å². The lowest BCUT2D eigenvalue weighted by atomic mass is 9.88. The number of halogens is 2. The summed E-state index contributed by atoms with van der Waals surface area (Å²) in [5.41, 5.74) is -0.184. The molecule has 0 saturated heterocycles. The molecule has 106 valence electrons. The second kappa shape index (κ2) is 6.33. The van der Waals surface area contributed by atoms with Crippen LogP contribution in [0.3, 0.4) is 0 Å². The maximum Gasteiger partial charge on any atom is 0.129 e. The van der Waals surface area contributed by atoms with Gasteiger partial charge in [0.25, 0.3) is 0 Å². The van der Waals surface area contributed by atoms with E-state index in [0.717, 1.165) is 12.8 Å². The standard InChI is InChI=1S/C15H21BrFNO/c1-15(10-19,18-12-5-3-2-4-6-12)13-8-7-11(16)9-14(13)17/h7-9,12,18-19H,2-6,10H2,1H3. The summed E-state index contributed by atoms with van der Waals surface area (Å²) in [4.78, 5) is 0. The van der Waals surface area contributed by atoms with E-state index in [9.17, 15) is 9.50 Å². The van der Waals surface area contributed by atoms with Crippen LogP contribution in [0.15, 0.2) is 22.7 Å². The normalized spacial score (nSPS) is 20.2. The lowest BCUT2D eigenvalue weighted by Crippen LogP contribution is -2.49. The topological polar surface area (TPSA) is 32.3 Å². The molecule has 0 aromatic heterocycles. The van der Waals surface area contributed by atoms with Crippen molar-refractivity contribution < 1.29 is 9.50 Å². The number of hydrogen-bond donors (Lipinski definition) is 2. The molecule has 1 unspecified atom stereocenters. The largest absolute Gasteiger partial charge is 0.394 e. The highest BCUT2D eigenvalue weighted by molar-refractivity contribution is 9.10. The fourth-order valence-corrected chi connectivity index (χ4v) is 3.18. The number of aliphatic hydroxyl groups excluding tert-OH is 1. The first-order chi connectivity index (χ1) is 9.05. The van der Waals surface area contributed by atoms with E-state index >= 15 is 0 Å². The Bertz CT molecular complexity index is 434. The molecule has 19 heavy (non-hydrogen) atoms. The molecule has 0 bridgehead atoms. The van der Waals surface area contributed by atoms with Crippen molar-refractivity contribution in [2.24, 2.45) is 0 Å². The van der Waals surface area contributed by atoms with Crippen molar-refractivity contribution in [1.29, 1.82) is 0 Å². The van der Waals surface area contributed by atoms with E-state index in [0.29, 0.717) is 16.1 Å². The predicted molar refractivity (Wildman–Crippen MR) is 78.5 cm³/mol. The first-order valence-corrected chi connectivity index (χ1v) is 7.68. The molecule has 2 N–H and O–H groups in total. The van der Waals surface area contributed by atoms with Crippen LogP contribution in [0, 0.1) is 5.82 Å². The SMILES string of the molecule is CC(CO)(NC1CCCCC1)c1ccc(Br)cc1F. The van der Waals surface area contributed by atoms with Gasteiger partial charge in [-0.3, -0.25) is 0 Å². The minimum Gasteiger partial charge on any atom is -0.394 e. The van der Waals surface area contributed by atoms with Crippen molar-refractivity contribution in [1.82, 2.24) is 5.32 Å². The van der Waals surface area contributed by atoms with Crippen LogP contribution >= 0.6 is 15.9 Å². The number of benzene rings is 1. The average molecular weight is 330 g/mol. The van der Waals surface area contributed by atoms with Crippen LogP contribution in [-0.2, 0) is 5.54 Å². The van der Waals surface area contributed by atoms with Gasteiger partial charge in [-0.25, -0.2) is 4.39 Å². The molecule has 1 aromatic carbocycles. The third-order valence-electron chi connectivity index (χ3n) is 3.97. The van der Waals surface area contributed by atoms with E-state index in [-0.39, 0.29) is 12.4 Å². The molecule has 0 aliphatic heterocycles. The summed E-state index contributed by atoms with van der Waals surface area (Å²) in [6.07, 6.45) is 5.91. The molecular weight excluding hydrogens is 309 g/mol. The molecule has 1 aliphatic carbocycles. The number of hydrogen-bond acceptors (Lipinski definition) is 2. The average Bonchev–Trinajstić information content (AvgIpc) is 2.39. The highest BCUT2D eigenvalue weighted by atomic mass is 79.9. The molecule has 1 aliphatic rings. The highest BCUT2D eigenvalue weighted by Crippen LogP contribution is 2.28. The fourth-order valence-electron chi connectivity index (χ4n) is 2.84. The fraction of sp³-hybridized carbons (Fsp3) is 0.600. The van der Waals surface area contributed by atoms with Crippen molar-refractivity contribution in [3.8, 4) is 0 Å². The van der Waals surface area contributed by atoms with E-state index in [4.69, 9.17) is 0 Å². The Morgan fingerprint density at radius 2 is 2.05 bits per heavy atom. The van der Waals surface area contributed by atoms with Gasteiger partial charge in [-0.15, -0.1) is 0 Å². The summed E-state index contributed by atoms with van der Waals surface area (Å²) < 4.78 is 14.8. The number of rotatable bonds is 4. The van der Waals surface area contributed by atoms with E-state index in [1.807, 2.05) is 13.0 Å². The van der Waals surface area contributed by atoms with Crippen LogP contribution in [0.2, 0.25) is 0 Å². The first kappa shape index (κ1) is 14.9. The predicted octanol–water partition coefficient (Wildman–Crippen LogP) is 3.72. The van der Waals surface area contributed by atoms with E-state index in [1.54, 1.807) is 6.07 Å². The third-order valence-corrected chi connectivity index (χ3v) is 4.46. The second-order valence-corrected chi connectivity index (χ2v) is 6.51.